The summed E-state index contributed by atoms with van der Waals surface area (Å²) in [5, 5.41) is 22.7. The molecule has 3 N–H and O–H groups in total. The minimum atomic E-state index is -0.643. The van der Waals surface area contributed by atoms with Crippen molar-refractivity contribution in [2.75, 3.05) is 6.54 Å². The van der Waals surface area contributed by atoms with Crippen molar-refractivity contribution in [3.8, 4) is 11.5 Å². The Labute approximate surface area is 137 Å². The number of benzene rings is 2. The van der Waals surface area contributed by atoms with Crippen LogP contribution in [0.15, 0.2) is 30.3 Å². The lowest BCUT2D eigenvalue weighted by molar-refractivity contribution is 0.0949. The van der Waals surface area contributed by atoms with E-state index in [4.69, 9.17) is 0 Å². The molecule has 24 heavy (non-hydrogen) atoms. The van der Waals surface area contributed by atoms with E-state index < -0.39 is 23.2 Å². The van der Waals surface area contributed by atoms with Gasteiger partial charge >= 0.3 is 0 Å². The monoisotopic (exact) mass is 325 g/mol. The molecule has 0 bridgehead atoms. The number of nitrogens with one attached hydrogen (secondary N) is 1. The van der Waals surface area contributed by atoms with Crippen LogP contribution in [0, 0.1) is 0 Å². The standard InChI is InChI=1S/C18H15NO5/c1-2-6-19-18(24)9-7-11-15(13(21)8-9)17(23)14-10(16(11)22)4-3-5-12(14)20/h3-5,7-8,20-21H,2,6H2,1H3,(H,19,24). The van der Waals surface area contributed by atoms with Gasteiger partial charge in [-0.2, -0.15) is 0 Å². The molecule has 2 aromatic carbocycles. The van der Waals surface area contributed by atoms with Gasteiger partial charge in [-0.3, -0.25) is 14.4 Å². The van der Waals surface area contributed by atoms with Crippen LogP contribution >= 0.6 is 0 Å². The van der Waals surface area contributed by atoms with Gasteiger partial charge in [0.05, 0.1) is 11.1 Å². The summed E-state index contributed by atoms with van der Waals surface area (Å²) in [5.74, 6) is -2.37. The zero-order valence-corrected chi connectivity index (χ0v) is 12.9. The van der Waals surface area contributed by atoms with Crippen LogP contribution in [0.3, 0.4) is 0 Å². The number of amides is 1. The van der Waals surface area contributed by atoms with E-state index >= 15 is 0 Å². The van der Waals surface area contributed by atoms with Crippen molar-refractivity contribution in [2.24, 2.45) is 0 Å². The Kier molecular flexibility index (Phi) is 3.81. The molecule has 2 aromatic rings. The second kappa shape index (κ2) is 5.81. The van der Waals surface area contributed by atoms with E-state index in [1.165, 1.54) is 24.3 Å². The van der Waals surface area contributed by atoms with Gasteiger partial charge in [-0.1, -0.05) is 19.1 Å². The van der Waals surface area contributed by atoms with Gasteiger partial charge in [0.15, 0.2) is 5.78 Å². The average molecular weight is 325 g/mol. The highest BCUT2D eigenvalue weighted by Gasteiger charge is 2.34. The summed E-state index contributed by atoms with van der Waals surface area (Å²) in [6.45, 7) is 2.36. The Morgan fingerprint density at radius 3 is 2.42 bits per heavy atom. The molecule has 0 heterocycles. The molecule has 0 saturated heterocycles. The van der Waals surface area contributed by atoms with Gasteiger partial charge < -0.3 is 15.5 Å². The first-order valence-electron chi connectivity index (χ1n) is 7.52. The van der Waals surface area contributed by atoms with Crippen LogP contribution in [0.2, 0.25) is 0 Å². The van der Waals surface area contributed by atoms with Crippen molar-refractivity contribution < 1.29 is 24.6 Å². The molecule has 0 aliphatic heterocycles. The average Bonchev–Trinajstić information content (AvgIpc) is 2.56. The molecule has 1 amide bonds. The minimum Gasteiger partial charge on any atom is -0.507 e. The molecule has 0 unspecified atom stereocenters. The number of ketones is 2. The summed E-state index contributed by atoms with van der Waals surface area (Å²) >= 11 is 0. The Morgan fingerprint density at radius 1 is 1.00 bits per heavy atom. The fourth-order valence-electron chi connectivity index (χ4n) is 2.75. The molecule has 0 aromatic heterocycles. The molecule has 6 nitrogen and oxygen atoms in total. The predicted molar refractivity (Wildman–Crippen MR) is 85.7 cm³/mol. The number of phenolic OH excluding ortho intramolecular Hbond substituents is 2. The van der Waals surface area contributed by atoms with Crippen LogP contribution in [0.1, 0.15) is 55.5 Å². The highest BCUT2D eigenvalue weighted by atomic mass is 16.3. The summed E-state index contributed by atoms with van der Waals surface area (Å²) in [5.41, 5.74) is -0.211. The fourth-order valence-corrected chi connectivity index (χ4v) is 2.75. The fraction of sp³-hybridized carbons (Fsp3) is 0.167. The Bertz CT molecular complexity index is 885. The molecule has 0 radical (unpaired) electrons. The van der Waals surface area contributed by atoms with E-state index in [9.17, 15) is 24.6 Å². The van der Waals surface area contributed by atoms with Gasteiger partial charge in [0, 0.05) is 23.2 Å². The molecule has 1 aliphatic carbocycles. The van der Waals surface area contributed by atoms with Crippen LogP contribution in [0.25, 0.3) is 0 Å². The quantitative estimate of drug-likeness (QED) is 0.683. The highest BCUT2D eigenvalue weighted by molar-refractivity contribution is 6.30. The SMILES string of the molecule is CCCNC(=O)c1cc(O)c2c(c1)C(=O)c1cccc(O)c1C2=O. The van der Waals surface area contributed by atoms with Crippen LogP contribution in [-0.4, -0.2) is 34.2 Å². The molecule has 0 saturated carbocycles. The van der Waals surface area contributed by atoms with Crippen molar-refractivity contribution in [1.29, 1.82) is 0 Å². The number of fused-ring (bicyclic) bond motifs is 2. The number of hydrogen-bond donors (Lipinski definition) is 3. The molecule has 0 atom stereocenters. The number of carbonyl (C=O) groups excluding carboxylic acids is 3. The first-order valence-corrected chi connectivity index (χ1v) is 7.52. The zero-order valence-electron chi connectivity index (χ0n) is 12.9. The van der Waals surface area contributed by atoms with Gasteiger partial charge in [-0.05, 0) is 24.6 Å². The molecule has 1 aliphatic rings. The Morgan fingerprint density at radius 2 is 1.71 bits per heavy atom. The summed E-state index contributed by atoms with van der Waals surface area (Å²) in [6.07, 6.45) is 0.743. The maximum absolute atomic E-state index is 12.6. The van der Waals surface area contributed by atoms with Gasteiger partial charge in [0.1, 0.15) is 11.5 Å². The molecule has 6 heteroatoms. The summed E-state index contributed by atoms with van der Waals surface area (Å²) in [6, 6.07) is 6.65. The number of phenols is 2. The largest absolute Gasteiger partial charge is 0.507 e. The first-order chi connectivity index (χ1) is 11.5. The lowest BCUT2D eigenvalue weighted by atomic mass is 9.82. The van der Waals surface area contributed by atoms with Crippen molar-refractivity contribution in [3.63, 3.8) is 0 Å². The normalized spacial score (nSPS) is 12.5. The molecular weight excluding hydrogens is 310 g/mol. The zero-order chi connectivity index (χ0) is 17.4. The van der Waals surface area contributed by atoms with E-state index in [1.54, 1.807) is 0 Å². The minimum absolute atomic E-state index is 0.0419. The molecule has 0 fully saturated rings. The maximum Gasteiger partial charge on any atom is 0.251 e. The number of rotatable bonds is 3. The van der Waals surface area contributed by atoms with Gasteiger partial charge in [-0.15, -0.1) is 0 Å². The van der Waals surface area contributed by atoms with E-state index in [-0.39, 0.29) is 33.6 Å². The number of aromatic hydroxyl groups is 2. The van der Waals surface area contributed by atoms with Crippen LogP contribution in [-0.2, 0) is 0 Å². The third kappa shape index (κ3) is 2.32. The number of carbonyl (C=O) groups is 3. The van der Waals surface area contributed by atoms with Crippen molar-refractivity contribution >= 4 is 17.5 Å². The van der Waals surface area contributed by atoms with Crippen LogP contribution in [0.4, 0.5) is 0 Å². The molecule has 3 rings (SSSR count). The van der Waals surface area contributed by atoms with Crippen LogP contribution in [0.5, 0.6) is 11.5 Å². The summed E-state index contributed by atoms with van der Waals surface area (Å²) < 4.78 is 0. The van der Waals surface area contributed by atoms with Crippen molar-refractivity contribution in [3.05, 3.63) is 58.1 Å². The van der Waals surface area contributed by atoms with Crippen LogP contribution < -0.4 is 5.32 Å². The van der Waals surface area contributed by atoms with E-state index in [0.717, 1.165) is 12.5 Å². The number of hydrogen-bond acceptors (Lipinski definition) is 5. The van der Waals surface area contributed by atoms with Gasteiger partial charge in [-0.25, -0.2) is 0 Å². The van der Waals surface area contributed by atoms with Gasteiger partial charge in [0.2, 0.25) is 5.78 Å². The first kappa shape index (κ1) is 15.7. The second-order valence-electron chi connectivity index (χ2n) is 5.53. The topological polar surface area (TPSA) is 104 Å². The Balaban J connectivity index is 2.15. The maximum atomic E-state index is 12.6. The molecular formula is C18H15NO5. The van der Waals surface area contributed by atoms with Crippen molar-refractivity contribution in [1.82, 2.24) is 5.32 Å². The van der Waals surface area contributed by atoms with E-state index in [1.807, 2.05) is 6.92 Å². The predicted octanol–water partition coefficient (Wildman–Crippen LogP) is 2.01. The third-order valence-electron chi connectivity index (χ3n) is 3.90. The summed E-state index contributed by atoms with van der Waals surface area (Å²) in [4.78, 5) is 37.3. The molecule has 122 valence electrons. The van der Waals surface area contributed by atoms with Crippen molar-refractivity contribution in [2.45, 2.75) is 13.3 Å². The Hall–Kier alpha value is -3.15. The second-order valence-corrected chi connectivity index (χ2v) is 5.53. The highest BCUT2D eigenvalue weighted by Crippen LogP contribution is 2.37. The van der Waals surface area contributed by atoms with E-state index in [2.05, 4.69) is 5.32 Å². The lowest BCUT2D eigenvalue weighted by Crippen LogP contribution is -2.26. The summed E-state index contributed by atoms with van der Waals surface area (Å²) in [7, 11) is 0. The van der Waals surface area contributed by atoms with Gasteiger partial charge in [0.25, 0.3) is 5.91 Å². The third-order valence-corrected chi connectivity index (χ3v) is 3.90. The molecule has 0 spiro atoms. The smallest absolute Gasteiger partial charge is 0.251 e. The van der Waals surface area contributed by atoms with E-state index in [0.29, 0.717) is 6.54 Å². The lowest BCUT2D eigenvalue weighted by Gasteiger charge is -2.20.